The molecule has 0 atom stereocenters. The minimum Gasteiger partial charge on any atom is -0.378 e. The second-order valence-electron chi connectivity index (χ2n) is 8.69. The lowest BCUT2D eigenvalue weighted by molar-refractivity contribution is 0.0947. The molecule has 3 aromatic rings. The molecule has 0 aliphatic carbocycles. The molecule has 1 aliphatic rings. The number of likely N-dealkylation sites (tertiary alicyclic amines) is 1. The number of piperidine rings is 1. The van der Waals surface area contributed by atoms with Gasteiger partial charge in [-0.15, -0.1) is 5.10 Å². The van der Waals surface area contributed by atoms with E-state index in [0.29, 0.717) is 18.2 Å². The molecular weight excluding hydrogens is 448 g/mol. The number of hydrogen-bond donors (Lipinski definition) is 2. The van der Waals surface area contributed by atoms with Crippen LogP contribution in [0.15, 0.2) is 34.0 Å². The van der Waals surface area contributed by atoms with Gasteiger partial charge in [-0.05, 0) is 73.7 Å². The van der Waals surface area contributed by atoms with Gasteiger partial charge in [-0.3, -0.25) is 9.69 Å². The summed E-state index contributed by atoms with van der Waals surface area (Å²) in [5.41, 5.74) is 11.2. The Labute approximate surface area is 204 Å². The summed E-state index contributed by atoms with van der Waals surface area (Å²) in [6, 6.07) is 8.00. The molecule has 3 N–H and O–H groups in total. The second kappa shape index (κ2) is 11.1. The molecule has 1 saturated heterocycles. The van der Waals surface area contributed by atoms with Gasteiger partial charge in [-0.25, -0.2) is 10.1 Å². The van der Waals surface area contributed by atoms with Crippen LogP contribution in [0.25, 0.3) is 5.82 Å². The summed E-state index contributed by atoms with van der Waals surface area (Å²) in [6.45, 7) is 10.7. The van der Waals surface area contributed by atoms with E-state index < -0.39 is 5.91 Å². The van der Waals surface area contributed by atoms with Crippen LogP contribution in [0, 0.1) is 5.92 Å². The zero-order valence-electron chi connectivity index (χ0n) is 20.4. The first-order chi connectivity index (χ1) is 17.0. The van der Waals surface area contributed by atoms with Crippen LogP contribution < -0.4 is 16.1 Å². The van der Waals surface area contributed by atoms with Crippen molar-refractivity contribution in [3.63, 3.8) is 0 Å². The van der Waals surface area contributed by atoms with E-state index >= 15 is 0 Å². The Bertz CT molecular complexity index is 1140. The molecule has 186 valence electrons. The first-order valence-electron chi connectivity index (χ1n) is 11.9. The third-order valence-electron chi connectivity index (χ3n) is 6.33. The topological polar surface area (TPSA) is 144 Å². The van der Waals surface area contributed by atoms with Crippen molar-refractivity contribution in [2.45, 2.75) is 40.2 Å². The number of hydrazone groups is 1. The first-order valence-corrected chi connectivity index (χ1v) is 11.9. The zero-order chi connectivity index (χ0) is 24.8. The van der Waals surface area contributed by atoms with Crippen LogP contribution in [-0.4, -0.2) is 68.5 Å². The van der Waals surface area contributed by atoms with Crippen LogP contribution in [0.3, 0.4) is 0 Å². The monoisotopic (exact) mass is 480 g/mol. The summed E-state index contributed by atoms with van der Waals surface area (Å²) >= 11 is 0. The van der Waals surface area contributed by atoms with E-state index in [1.807, 2.05) is 24.3 Å². The fourth-order valence-electron chi connectivity index (χ4n) is 4.14. The van der Waals surface area contributed by atoms with Crippen molar-refractivity contribution >= 4 is 23.6 Å². The molecule has 1 amide bonds. The molecule has 0 unspecified atom stereocenters. The van der Waals surface area contributed by atoms with E-state index in [1.54, 1.807) is 6.21 Å². The molecule has 0 radical (unpaired) electrons. The maximum atomic E-state index is 13.0. The molecule has 1 aliphatic heterocycles. The number of nitrogens with one attached hydrogen (secondary N) is 1. The number of hydrogen-bond acceptors (Lipinski definition) is 10. The Balaban J connectivity index is 1.49. The number of carbonyl (C=O) groups excluding carboxylic acids is 1. The molecular formula is C23H32N10O2. The van der Waals surface area contributed by atoms with Crippen LogP contribution in [0.2, 0.25) is 0 Å². The van der Waals surface area contributed by atoms with Crippen molar-refractivity contribution in [1.29, 1.82) is 0 Å². The van der Waals surface area contributed by atoms with Gasteiger partial charge >= 0.3 is 0 Å². The molecule has 0 spiro atoms. The number of aromatic nitrogens is 5. The molecule has 2 aromatic heterocycles. The predicted molar refractivity (Wildman–Crippen MR) is 132 cm³/mol. The average Bonchev–Trinajstić information content (AvgIpc) is 3.47. The van der Waals surface area contributed by atoms with Gasteiger partial charge in [0, 0.05) is 25.3 Å². The Kier molecular flexibility index (Phi) is 7.70. The van der Waals surface area contributed by atoms with Crippen LogP contribution >= 0.6 is 0 Å². The predicted octanol–water partition coefficient (Wildman–Crippen LogP) is 2.07. The van der Waals surface area contributed by atoms with Gasteiger partial charge in [0.25, 0.3) is 5.91 Å². The first kappa shape index (κ1) is 24.3. The van der Waals surface area contributed by atoms with Gasteiger partial charge in [0.2, 0.25) is 11.6 Å². The highest BCUT2D eigenvalue weighted by Gasteiger charge is 2.26. The van der Waals surface area contributed by atoms with Crippen molar-refractivity contribution in [3.8, 4) is 5.82 Å². The minimum atomic E-state index is -0.470. The minimum absolute atomic E-state index is 0.0709. The number of anilines is 2. The fraction of sp³-hybridized carbons (Fsp3) is 0.478. The van der Waals surface area contributed by atoms with Gasteiger partial charge in [-0.1, -0.05) is 24.3 Å². The molecule has 12 heteroatoms. The number of nitrogens with two attached hydrogens (primary N) is 1. The smallest absolute Gasteiger partial charge is 0.293 e. The standard InChI is InChI=1S/C23H32N10O2/c1-4-32(5-2)18-8-6-17(7-9-18)14-25-27-23(34)20-19(15-31-12-10-16(3)11-13-31)33(30-26-20)22-21(24)28-35-29-22/h6-9,14,16H,4-5,10-13,15H2,1-3H3,(H2,24,28)(H,27,34). The Morgan fingerprint density at radius 3 is 2.57 bits per heavy atom. The molecule has 3 heterocycles. The van der Waals surface area contributed by atoms with Crippen LogP contribution in [0.5, 0.6) is 0 Å². The zero-order valence-corrected chi connectivity index (χ0v) is 20.4. The lowest BCUT2D eigenvalue weighted by Crippen LogP contribution is -2.34. The normalized spacial score (nSPS) is 15.1. The summed E-state index contributed by atoms with van der Waals surface area (Å²) in [7, 11) is 0. The van der Waals surface area contributed by atoms with Gasteiger partial charge in [0.05, 0.1) is 11.9 Å². The Hall–Kier alpha value is -3.80. The van der Waals surface area contributed by atoms with Gasteiger partial charge in [0.1, 0.15) is 0 Å². The summed E-state index contributed by atoms with van der Waals surface area (Å²) in [6.07, 6.45) is 3.78. The number of carbonyl (C=O) groups is 1. The van der Waals surface area contributed by atoms with E-state index in [4.69, 9.17) is 10.4 Å². The van der Waals surface area contributed by atoms with Crippen LogP contribution in [0.1, 0.15) is 55.4 Å². The number of nitrogen functional groups attached to an aromatic ring is 1. The van der Waals surface area contributed by atoms with Gasteiger partial charge in [-0.2, -0.15) is 9.78 Å². The van der Waals surface area contributed by atoms with Gasteiger partial charge < -0.3 is 10.6 Å². The van der Waals surface area contributed by atoms with Crippen LogP contribution in [0.4, 0.5) is 11.5 Å². The largest absolute Gasteiger partial charge is 0.378 e. The molecule has 1 aromatic carbocycles. The SMILES string of the molecule is CCN(CC)c1ccc(C=NNC(=O)c2nnn(-c3nonc3N)c2CN2CCC(C)CC2)cc1. The van der Waals surface area contributed by atoms with Crippen molar-refractivity contribution < 1.29 is 9.42 Å². The highest BCUT2D eigenvalue weighted by molar-refractivity contribution is 5.94. The van der Waals surface area contributed by atoms with Crippen molar-refractivity contribution in [2.24, 2.45) is 11.0 Å². The number of amides is 1. The Morgan fingerprint density at radius 1 is 1.23 bits per heavy atom. The lowest BCUT2D eigenvalue weighted by Gasteiger charge is -2.30. The highest BCUT2D eigenvalue weighted by Crippen LogP contribution is 2.22. The third-order valence-corrected chi connectivity index (χ3v) is 6.33. The Morgan fingerprint density at radius 2 is 1.94 bits per heavy atom. The summed E-state index contributed by atoms with van der Waals surface area (Å²) in [4.78, 5) is 17.5. The fourth-order valence-corrected chi connectivity index (χ4v) is 4.14. The molecule has 35 heavy (non-hydrogen) atoms. The number of nitrogens with zero attached hydrogens (tertiary/aromatic N) is 8. The van der Waals surface area contributed by atoms with Crippen molar-refractivity contribution in [1.82, 2.24) is 35.6 Å². The highest BCUT2D eigenvalue weighted by atomic mass is 16.6. The quantitative estimate of drug-likeness (QED) is 0.347. The molecule has 0 saturated carbocycles. The van der Waals surface area contributed by atoms with E-state index in [0.717, 1.165) is 50.3 Å². The van der Waals surface area contributed by atoms with E-state index in [-0.39, 0.29) is 17.3 Å². The second-order valence-corrected chi connectivity index (χ2v) is 8.69. The van der Waals surface area contributed by atoms with Crippen molar-refractivity contribution in [3.05, 3.63) is 41.2 Å². The lowest BCUT2D eigenvalue weighted by atomic mass is 9.99. The summed E-state index contributed by atoms with van der Waals surface area (Å²) < 4.78 is 6.14. The maximum Gasteiger partial charge on any atom is 0.293 e. The van der Waals surface area contributed by atoms with Crippen LogP contribution in [-0.2, 0) is 6.54 Å². The van der Waals surface area contributed by atoms with Gasteiger partial charge in [0.15, 0.2) is 5.69 Å². The number of rotatable bonds is 9. The third kappa shape index (κ3) is 5.65. The molecule has 4 rings (SSSR count). The molecule has 1 fully saturated rings. The molecule has 0 bridgehead atoms. The molecule has 12 nitrogen and oxygen atoms in total. The number of benzene rings is 1. The summed E-state index contributed by atoms with van der Waals surface area (Å²) in [5.74, 6) is 0.487. The summed E-state index contributed by atoms with van der Waals surface area (Å²) in [5, 5.41) is 19.8. The van der Waals surface area contributed by atoms with E-state index in [1.165, 1.54) is 4.68 Å². The average molecular weight is 481 g/mol. The van der Waals surface area contributed by atoms with Crippen molar-refractivity contribution in [2.75, 3.05) is 36.8 Å². The maximum absolute atomic E-state index is 13.0. The van der Waals surface area contributed by atoms with E-state index in [2.05, 4.69) is 61.7 Å². The van der Waals surface area contributed by atoms with E-state index in [9.17, 15) is 4.79 Å².